The van der Waals surface area contributed by atoms with Gasteiger partial charge in [-0.2, -0.15) is 0 Å². The molecule has 2 aromatic rings. The molecule has 0 aliphatic carbocycles. The van der Waals surface area contributed by atoms with Gasteiger partial charge in [-0.3, -0.25) is 4.79 Å². The summed E-state index contributed by atoms with van der Waals surface area (Å²) in [6.07, 6.45) is 2.57. The van der Waals surface area contributed by atoms with Crippen molar-refractivity contribution >= 4 is 23.3 Å². The van der Waals surface area contributed by atoms with Crippen molar-refractivity contribution in [3.63, 3.8) is 0 Å². The molecular weight excluding hydrogens is 338 g/mol. The quantitative estimate of drug-likeness (QED) is 0.838. The Morgan fingerprint density at radius 1 is 1.12 bits per heavy atom. The van der Waals surface area contributed by atoms with Gasteiger partial charge < -0.3 is 14.5 Å². The van der Waals surface area contributed by atoms with E-state index in [2.05, 4.69) is 9.88 Å². The van der Waals surface area contributed by atoms with Gasteiger partial charge in [-0.15, -0.1) is 0 Å². The first-order valence-corrected chi connectivity index (χ1v) is 8.94. The second-order valence-corrected chi connectivity index (χ2v) is 6.36. The molecule has 0 bridgehead atoms. The Labute approximate surface area is 153 Å². The van der Waals surface area contributed by atoms with E-state index in [1.54, 1.807) is 6.20 Å². The van der Waals surface area contributed by atoms with Gasteiger partial charge in [-0.05, 0) is 49.7 Å². The van der Waals surface area contributed by atoms with Crippen LogP contribution in [0.25, 0.3) is 0 Å². The Morgan fingerprint density at radius 3 is 2.60 bits per heavy atom. The number of amides is 1. The summed E-state index contributed by atoms with van der Waals surface area (Å²) >= 11 is 5.90. The van der Waals surface area contributed by atoms with Gasteiger partial charge in [0.25, 0.3) is 5.91 Å². The van der Waals surface area contributed by atoms with Crippen LogP contribution >= 0.6 is 11.6 Å². The van der Waals surface area contributed by atoms with Crippen molar-refractivity contribution in [3.05, 3.63) is 53.2 Å². The Bertz CT molecular complexity index is 704. The number of nitrogens with zero attached hydrogens (tertiary/aromatic N) is 3. The summed E-state index contributed by atoms with van der Waals surface area (Å²) in [6.45, 7) is 5.62. The topological polar surface area (TPSA) is 45.7 Å². The number of pyridine rings is 1. The van der Waals surface area contributed by atoms with Gasteiger partial charge in [-0.1, -0.05) is 11.6 Å². The zero-order valence-electron chi connectivity index (χ0n) is 14.3. The highest BCUT2D eigenvalue weighted by atomic mass is 35.5. The van der Waals surface area contributed by atoms with Gasteiger partial charge in [0.1, 0.15) is 11.6 Å². The SMILES string of the molecule is CCOc1ccc(C(=O)N2CCCN(c3ccc(Cl)cn3)CC2)cc1. The van der Waals surface area contributed by atoms with E-state index in [0.29, 0.717) is 23.7 Å². The monoisotopic (exact) mass is 359 g/mol. The molecule has 0 N–H and O–H groups in total. The number of halogens is 1. The van der Waals surface area contributed by atoms with Crippen LogP contribution in [0.2, 0.25) is 5.02 Å². The molecule has 1 aliphatic heterocycles. The number of carbonyl (C=O) groups excluding carboxylic acids is 1. The van der Waals surface area contributed by atoms with E-state index in [1.165, 1.54) is 0 Å². The van der Waals surface area contributed by atoms with E-state index in [1.807, 2.05) is 48.2 Å². The Morgan fingerprint density at radius 2 is 1.92 bits per heavy atom. The predicted molar refractivity (Wildman–Crippen MR) is 99.6 cm³/mol. The van der Waals surface area contributed by atoms with Crippen molar-refractivity contribution in [2.75, 3.05) is 37.7 Å². The highest BCUT2D eigenvalue weighted by molar-refractivity contribution is 6.30. The lowest BCUT2D eigenvalue weighted by Crippen LogP contribution is -2.35. The molecule has 1 saturated heterocycles. The molecule has 1 fully saturated rings. The van der Waals surface area contributed by atoms with E-state index >= 15 is 0 Å². The van der Waals surface area contributed by atoms with Crippen LogP contribution in [-0.4, -0.2) is 48.6 Å². The molecule has 1 amide bonds. The fourth-order valence-electron chi connectivity index (χ4n) is 2.95. The van der Waals surface area contributed by atoms with Crippen LogP contribution in [0.3, 0.4) is 0 Å². The van der Waals surface area contributed by atoms with Crippen LogP contribution in [0.4, 0.5) is 5.82 Å². The normalized spacial score (nSPS) is 15.0. The number of carbonyl (C=O) groups is 1. The minimum absolute atomic E-state index is 0.0639. The average Bonchev–Trinajstić information content (AvgIpc) is 2.89. The van der Waals surface area contributed by atoms with Crippen LogP contribution in [-0.2, 0) is 0 Å². The van der Waals surface area contributed by atoms with E-state index in [9.17, 15) is 4.79 Å². The Hall–Kier alpha value is -2.27. The van der Waals surface area contributed by atoms with Crippen LogP contribution < -0.4 is 9.64 Å². The number of hydrogen-bond acceptors (Lipinski definition) is 4. The zero-order chi connectivity index (χ0) is 17.6. The molecule has 0 unspecified atom stereocenters. The summed E-state index contributed by atoms with van der Waals surface area (Å²) < 4.78 is 5.43. The first-order valence-electron chi connectivity index (χ1n) is 8.56. The molecule has 0 saturated carbocycles. The minimum Gasteiger partial charge on any atom is -0.494 e. The van der Waals surface area contributed by atoms with E-state index < -0.39 is 0 Å². The lowest BCUT2D eigenvalue weighted by molar-refractivity contribution is 0.0767. The van der Waals surface area contributed by atoms with Gasteiger partial charge in [0.05, 0.1) is 11.6 Å². The van der Waals surface area contributed by atoms with Crippen molar-refractivity contribution < 1.29 is 9.53 Å². The number of anilines is 1. The molecule has 1 aliphatic rings. The molecule has 3 rings (SSSR count). The fourth-order valence-corrected chi connectivity index (χ4v) is 3.06. The molecule has 1 aromatic carbocycles. The lowest BCUT2D eigenvalue weighted by atomic mass is 10.2. The number of rotatable bonds is 4. The second kappa shape index (κ2) is 8.21. The first kappa shape index (κ1) is 17.5. The largest absolute Gasteiger partial charge is 0.494 e. The number of benzene rings is 1. The van der Waals surface area contributed by atoms with E-state index in [-0.39, 0.29) is 5.91 Å². The number of aromatic nitrogens is 1. The number of hydrogen-bond donors (Lipinski definition) is 0. The van der Waals surface area contributed by atoms with Gasteiger partial charge in [0, 0.05) is 37.9 Å². The van der Waals surface area contributed by atoms with Crippen molar-refractivity contribution in [1.29, 1.82) is 0 Å². The summed E-state index contributed by atoms with van der Waals surface area (Å²) in [7, 11) is 0. The summed E-state index contributed by atoms with van der Waals surface area (Å²) in [4.78, 5) is 21.2. The third kappa shape index (κ3) is 4.42. The van der Waals surface area contributed by atoms with E-state index in [4.69, 9.17) is 16.3 Å². The van der Waals surface area contributed by atoms with Crippen LogP contribution in [0, 0.1) is 0 Å². The van der Waals surface area contributed by atoms with Gasteiger partial charge in [0.2, 0.25) is 0 Å². The zero-order valence-corrected chi connectivity index (χ0v) is 15.1. The summed E-state index contributed by atoms with van der Waals surface area (Å²) in [5, 5.41) is 0.630. The third-order valence-electron chi connectivity index (χ3n) is 4.23. The maximum Gasteiger partial charge on any atom is 0.253 e. The van der Waals surface area contributed by atoms with Gasteiger partial charge in [-0.25, -0.2) is 4.98 Å². The standard InChI is InChI=1S/C19H22ClN3O2/c1-2-25-17-7-4-15(5-8-17)19(24)23-11-3-10-22(12-13-23)18-9-6-16(20)14-21-18/h4-9,14H,2-3,10-13H2,1H3. The molecule has 1 aromatic heterocycles. The van der Waals surface area contributed by atoms with Crippen molar-refractivity contribution in [1.82, 2.24) is 9.88 Å². The molecule has 132 valence electrons. The van der Waals surface area contributed by atoms with Crippen molar-refractivity contribution in [2.24, 2.45) is 0 Å². The van der Waals surface area contributed by atoms with Gasteiger partial charge in [0.15, 0.2) is 0 Å². The highest BCUT2D eigenvalue weighted by Gasteiger charge is 2.21. The molecule has 5 nitrogen and oxygen atoms in total. The van der Waals surface area contributed by atoms with E-state index in [0.717, 1.165) is 37.6 Å². The fraction of sp³-hybridized carbons (Fsp3) is 0.368. The van der Waals surface area contributed by atoms with Crippen LogP contribution in [0.1, 0.15) is 23.7 Å². The maximum absolute atomic E-state index is 12.7. The van der Waals surface area contributed by atoms with Crippen molar-refractivity contribution in [3.8, 4) is 5.75 Å². The van der Waals surface area contributed by atoms with Crippen molar-refractivity contribution in [2.45, 2.75) is 13.3 Å². The molecule has 25 heavy (non-hydrogen) atoms. The molecule has 0 atom stereocenters. The average molecular weight is 360 g/mol. The summed E-state index contributed by atoms with van der Waals surface area (Å²) in [5.74, 6) is 1.75. The first-order chi connectivity index (χ1) is 12.2. The third-order valence-corrected chi connectivity index (χ3v) is 4.45. The smallest absolute Gasteiger partial charge is 0.253 e. The van der Waals surface area contributed by atoms with Crippen LogP contribution in [0.5, 0.6) is 5.75 Å². The predicted octanol–water partition coefficient (Wildman–Crippen LogP) is 3.49. The summed E-state index contributed by atoms with van der Waals surface area (Å²) in [6, 6.07) is 11.1. The summed E-state index contributed by atoms with van der Waals surface area (Å²) in [5.41, 5.74) is 0.696. The molecule has 0 radical (unpaired) electrons. The molecular formula is C19H22ClN3O2. The number of ether oxygens (including phenoxy) is 1. The Balaban J connectivity index is 1.63. The molecule has 6 heteroatoms. The second-order valence-electron chi connectivity index (χ2n) is 5.92. The van der Waals surface area contributed by atoms with Gasteiger partial charge >= 0.3 is 0 Å². The Kier molecular flexibility index (Phi) is 5.76. The highest BCUT2D eigenvalue weighted by Crippen LogP contribution is 2.18. The molecule has 0 spiro atoms. The molecule has 2 heterocycles. The van der Waals surface area contributed by atoms with Crippen LogP contribution in [0.15, 0.2) is 42.6 Å². The maximum atomic E-state index is 12.7. The minimum atomic E-state index is 0.0639. The lowest BCUT2D eigenvalue weighted by Gasteiger charge is -2.23.